The second-order valence-electron chi connectivity index (χ2n) is 13.8. The molecule has 0 N–H and O–H groups in total. The number of rotatable bonds is 4. The van der Waals surface area contributed by atoms with Gasteiger partial charge in [0.25, 0.3) is 0 Å². The quantitative estimate of drug-likeness (QED) is 0.184. The van der Waals surface area contributed by atoms with Crippen molar-refractivity contribution >= 4 is 70.1 Å². The van der Waals surface area contributed by atoms with Crippen molar-refractivity contribution in [3.05, 3.63) is 175 Å². The van der Waals surface area contributed by atoms with Crippen LogP contribution in [-0.4, -0.2) is 0 Å². The molecular formula is C47H33NS. The average Bonchev–Trinajstić information content (AvgIpc) is 3.64. The molecule has 232 valence electrons. The molecule has 1 aliphatic carbocycles. The molecule has 8 aromatic carbocycles. The van der Waals surface area contributed by atoms with Crippen LogP contribution in [0.4, 0.5) is 17.1 Å². The highest BCUT2D eigenvalue weighted by atomic mass is 32.1. The van der Waals surface area contributed by atoms with E-state index in [9.17, 15) is 0 Å². The van der Waals surface area contributed by atoms with E-state index in [0.717, 1.165) is 11.4 Å². The van der Waals surface area contributed by atoms with Gasteiger partial charge in [0.2, 0.25) is 0 Å². The maximum atomic E-state index is 2.47. The largest absolute Gasteiger partial charge is 0.310 e. The first-order valence-electron chi connectivity index (χ1n) is 17.0. The molecule has 0 saturated heterocycles. The third-order valence-electron chi connectivity index (χ3n) is 10.6. The molecule has 0 saturated carbocycles. The van der Waals surface area contributed by atoms with E-state index >= 15 is 0 Å². The zero-order valence-electron chi connectivity index (χ0n) is 27.4. The molecule has 0 unspecified atom stereocenters. The molecule has 0 bridgehead atoms. The van der Waals surface area contributed by atoms with Gasteiger partial charge in [0.05, 0.1) is 5.69 Å². The van der Waals surface area contributed by atoms with E-state index in [1.54, 1.807) is 0 Å². The number of hydrogen-bond donors (Lipinski definition) is 0. The average molecular weight is 644 g/mol. The number of thiophene rings is 1. The van der Waals surface area contributed by atoms with Gasteiger partial charge in [-0.2, -0.15) is 0 Å². The Balaban J connectivity index is 1.22. The summed E-state index contributed by atoms with van der Waals surface area (Å²) in [6, 6.07) is 60.7. The van der Waals surface area contributed by atoms with E-state index in [1.165, 1.54) is 80.8 Å². The van der Waals surface area contributed by atoms with Crippen molar-refractivity contribution in [2.24, 2.45) is 0 Å². The summed E-state index contributed by atoms with van der Waals surface area (Å²) in [4.78, 5) is 2.47. The van der Waals surface area contributed by atoms with Crippen molar-refractivity contribution in [1.82, 2.24) is 0 Å². The molecule has 1 heterocycles. The maximum Gasteiger partial charge on any atom is 0.0540 e. The Labute approximate surface area is 290 Å². The van der Waals surface area contributed by atoms with Crippen molar-refractivity contribution in [2.75, 3.05) is 4.90 Å². The van der Waals surface area contributed by atoms with Gasteiger partial charge in [0, 0.05) is 42.3 Å². The van der Waals surface area contributed by atoms with Crippen LogP contribution in [0.3, 0.4) is 0 Å². The monoisotopic (exact) mass is 643 g/mol. The van der Waals surface area contributed by atoms with Crippen molar-refractivity contribution in [2.45, 2.75) is 19.3 Å². The first-order chi connectivity index (χ1) is 24.0. The standard InChI is InChI=1S/C47H33NS/c1-47(2)41-18-7-5-15-36(41)40-29-35(23-25-42(40)47)48(34-14-9-13-32(28-34)33-22-21-30-11-3-4-12-31(30)27-33)43-19-10-17-38-37(43)24-26-45-46(38)39-16-6-8-20-44(39)49-45/h3-29H,1-2H3. The molecule has 0 atom stereocenters. The predicted molar refractivity (Wildman–Crippen MR) is 212 cm³/mol. The summed E-state index contributed by atoms with van der Waals surface area (Å²) in [6.07, 6.45) is 0. The summed E-state index contributed by atoms with van der Waals surface area (Å²) in [7, 11) is 0. The van der Waals surface area contributed by atoms with Crippen molar-refractivity contribution < 1.29 is 0 Å². The highest BCUT2D eigenvalue weighted by molar-refractivity contribution is 7.26. The van der Waals surface area contributed by atoms with E-state index in [0.29, 0.717) is 0 Å². The maximum absolute atomic E-state index is 2.47. The fourth-order valence-corrected chi connectivity index (χ4v) is 9.35. The van der Waals surface area contributed by atoms with Crippen LogP contribution in [-0.2, 0) is 5.41 Å². The van der Waals surface area contributed by atoms with E-state index in [-0.39, 0.29) is 5.41 Å². The van der Waals surface area contributed by atoms with Crippen LogP contribution >= 0.6 is 11.3 Å². The molecular weight excluding hydrogens is 611 g/mol. The molecule has 9 aromatic rings. The highest BCUT2D eigenvalue weighted by Crippen LogP contribution is 2.51. The Kier molecular flexibility index (Phi) is 6.16. The lowest BCUT2D eigenvalue weighted by atomic mass is 9.82. The van der Waals surface area contributed by atoms with Crippen LogP contribution in [0.15, 0.2) is 164 Å². The summed E-state index contributed by atoms with van der Waals surface area (Å²) < 4.78 is 2.65. The normalized spacial score (nSPS) is 13.3. The topological polar surface area (TPSA) is 3.24 Å². The van der Waals surface area contributed by atoms with E-state index in [2.05, 4.69) is 183 Å². The number of anilines is 3. The lowest BCUT2D eigenvalue weighted by Gasteiger charge is -2.28. The lowest BCUT2D eigenvalue weighted by Crippen LogP contribution is -2.15. The Morgan fingerprint density at radius 1 is 0.449 bits per heavy atom. The smallest absolute Gasteiger partial charge is 0.0540 e. The third-order valence-corrected chi connectivity index (χ3v) is 11.8. The molecule has 1 nitrogen and oxygen atoms in total. The lowest BCUT2D eigenvalue weighted by molar-refractivity contribution is 0.660. The highest BCUT2D eigenvalue weighted by Gasteiger charge is 2.35. The second kappa shape index (κ2) is 10.7. The van der Waals surface area contributed by atoms with Crippen LogP contribution in [0.5, 0.6) is 0 Å². The minimum absolute atomic E-state index is 0.0453. The van der Waals surface area contributed by atoms with E-state index in [1.807, 2.05) is 11.3 Å². The summed E-state index contributed by atoms with van der Waals surface area (Å²) in [5, 5.41) is 7.71. The van der Waals surface area contributed by atoms with Gasteiger partial charge < -0.3 is 4.90 Å². The zero-order chi connectivity index (χ0) is 32.7. The number of nitrogens with zero attached hydrogens (tertiary/aromatic N) is 1. The Morgan fingerprint density at radius 2 is 1.18 bits per heavy atom. The summed E-state index contributed by atoms with van der Waals surface area (Å²) >= 11 is 1.88. The van der Waals surface area contributed by atoms with Crippen LogP contribution in [0.1, 0.15) is 25.0 Å². The van der Waals surface area contributed by atoms with Gasteiger partial charge in [-0.15, -0.1) is 11.3 Å². The van der Waals surface area contributed by atoms with Crippen LogP contribution in [0, 0.1) is 0 Å². The second-order valence-corrected chi connectivity index (χ2v) is 14.8. The third kappa shape index (κ3) is 4.31. The Hall–Kier alpha value is -5.70. The van der Waals surface area contributed by atoms with Gasteiger partial charge >= 0.3 is 0 Å². The molecule has 0 aliphatic heterocycles. The molecule has 10 rings (SSSR count). The number of hydrogen-bond acceptors (Lipinski definition) is 2. The summed E-state index contributed by atoms with van der Waals surface area (Å²) in [5.74, 6) is 0. The van der Waals surface area contributed by atoms with Crippen LogP contribution < -0.4 is 4.90 Å². The van der Waals surface area contributed by atoms with Crippen LogP contribution in [0.2, 0.25) is 0 Å². The SMILES string of the molecule is CC1(C)c2ccccc2-c2cc(N(c3cccc(-c4ccc5ccccc5c4)c3)c3cccc4c3ccc3sc5ccccc5c34)ccc21. The first-order valence-corrected chi connectivity index (χ1v) is 17.8. The predicted octanol–water partition coefficient (Wildman–Crippen LogP) is 13.8. The minimum Gasteiger partial charge on any atom is -0.310 e. The first kappa shape index (κ1) is 28.3. The fourth-order valence-electron chi connectivity index (χ4n) is 8.23. The fraction of sp³-hybridized carbons (Fsp3) is 0.0638. The van der Waals surface area contributed by atoms with Crippen LogP contribution in [0.25, 0.3) is 64.0 Å². The summed E-state index contributed by atoms with van der Waals surface area (Å²) in [6.45, 7) is 4.70. The molecule has 0 fully saturated rings. The van der Waals surface area contributed by atoms with Gasteiger partial charge in [-0.3, -0.25) is 0 Å². The van der Waals surface area contributed by atoms with Gasteiger partial charge in [-0.1, -0.05) is 129 Å². The van der Waals surface area contributed by atoms with Gasteiger partial charge in [-0.25, -0.2) is 0 Å². The Morgan fingerprint density at radius 3 is 2.12 bits per heavy atom. The van der Waals surface area contributed by atoms with E-state index < -0.39 is 0 Å². The molecule has 1 aromatic heterocycles. The molecule has 0 amide bonds. The molecule has 49 heavy (non-hydrogen) atoms. The molecule has 0 radical (unpaired) electrons. The van der Waals surface area contributed by atoms with Crippen molar-refractivity contribution in [3.8, 4) is 22.3 Å². The zero-order valence-corrected chi connectivity index (χ0v) is 28.3. The molecule has 0 spiro atoms. The van der Waals surface area contributed by atoms with Crippen molar-refractivity contribution in [1.29, 1.82) is 0 Å². The van der Waals surface area contributed by atoms with Crippen molar-refractivity contribution in [3.63, 3.8) is 0 Å². The number of fused-ring (bicyclic) bond motifs is 9. The molecule has 2 heteroatoms. The Bertz CT molecular complexity index is 2770. The van der Waals surface area contributed by atoms with Gasteiger partial charge in [0.1, 0.15) is 0 Å². The summed E-state index contributed by atoms with van der Waals surface area (Å²) in [5.41, 5.74) is 11.3. The van der Waals surface area contributed by atoms with Gasteiger partial charge in [0.15, 0.2) is 0 Å². The van der Waals surface area contributed by atoms with Gasteiger partial charge in [-0.05, 0) is 98.1 Å². The van der Waals surface area contributed by atoms with E-state index in [4.69, 9.17) is 0 Å². The molecule has 1 aliphatic rings. The number of benzene rings is 8. The minimum atomic E-state index is -0.0453.